The maximum atomic E-state index is 13.5. The number of hydrogen-bond acceptors (Lipinski definition) is 6. The molecule has 0 radical (unpaired) electrons. The molecule has 0 saturated carbocycles. The van der Waals surface area contributed by atoms with E-state index in [1.54, 1.807) is 43.3 Å². The highest BCUT2D eigenvalue weighted by atomic mass is 79.9. The number of carbonyl (C=O) groups excluding carboxylic acids is 1. The molecule has 3 aromatic rings. The van der Waals surface area contributed by atoms with E-state index in [2.05, 4.69) is 26.5 Å². The van der Waals surface area contributed by atoms with E-state index in [1.165, 1.54) is 38.6 Å². The lowest BCUT2D eigenvalue weighted by atomic mass is 10.2. The van der Waals surface area contributed by atoms with Crippen LogP contribution in [0.2, 0.25) is 5.02 Å². The molecule has 0 aromatic heterocycles. The number of carbonyl (C=O) groups is 1. The molecule has 11 heteroatoms. The minimum atomic E-state index is -4.07. The summed E-state index contributed by atoms with van der Waals surface area (Å²) < 4.78 is 39.2. The van der Waals surface area contributed by atoms with Crippen molar-refractivity contribution in [2.75, 3.05) is 25.1 Å². The van der Waals surface area contributed by atoms with E-state index in [-0.39, 0.29) is 10.6 Å². The summed E-state index contributed by atoms with van der Waals surface area (Å²) in [4.78, 5) is 12.8. The summed E-state index contributed by atoms with van der Waals surface area (Å²) in [5.41, 5.74) is 4.95. The number of benzene rings is 3. The van der Waals surface area contributed by atoms with Crippen molar-refractivity contribution >= 4 is 55.4 Å². The van der Waals surface area contributed by atoms with Gasteiger partial charge in [0, 0.05) is 5.02 Å². The number of nitrogens with one attached hydrogen (secondary N) is 1. The molecular formula is C25H25BrClN3O5S. The minimum absolute atomic E-state index is 0.0521. The Labute approximate surface area is 224 Å². The number of hydrogen-bond donors (Lipinski definition) is 1. The van der Waals surface area contributed by atoms with Gasteiger partial charge in [0.15, 0.2) is 11.5 Å². The lowest BCUT2D eigenvalue weighted by Crippen LogP contribution is -2.39. The molecule has 1 amide bonds. The summed E-state index contributed by atoms with van der Waals surface area (Å²) in [6.07, 6.45) is 1.41. The third-order valence-electron chi connectivity index (χ3n) is 5.20. The van der Waals surface area contributed by atoms with Crippen LogP contribution in [0.15, 0.2) is 69.1 Å². The number of aryl methyl sites for hydroxylation is 2. The highest BCUT2D eigenvalue weighted by Crippen LogP contribution is 2.35. The van der Waals surface area contributed by atoms with Crippen LogP contribution >= 0.6 is 27.5 Å². The van der Waals surface area contributed by atoms with Crippen molar-refractivity contribution in [3.63, 3.8) is 0 Å². The van der Waals surface area contributed by atoms with Gasteiger partial charge >= 0.3 is 0 Å². The molecule has 3 rings (SSSR count). The highest BCUT2D eigenvalue weighted by Gasteiger charge is 2.27. The average Bonchev–Trinajstić information content (AvgIpc) is 2.84. The average molecular weight is 595 g/mol. The second-order valence-corrected chi connectivity index (χ2v) is 10.9. The van der Waals surface area contributed by atoms with Crippen molar-refractivity contribution in [3.8, 4) is 11.5 Å². The predicted molar refractivity (Wildman–Crippen MR) is 145 cm³/mol. The molecule has 0 bridgehead atoms. The van der Waals surface area contributed by atoms with Crippen molar-refractivity contribution in [1.82, 2.24) is 5.43 Å². The Kier molecular flexibility index (Phi) is 8.99. The van der Waals surface area contributed by atoms with Gasteiger partial charge in [0.05, 0.1) is 35.5 Å². The van der Waals surface area contributed by atoms with Gasteiger partial charge in [0.1, 0.15) is 6.54 Å². The molecule has 1 N–H and O–H groups in total. The van der Waals surface area contributed by atoms with Crippen LogP contribution in [0.25, 0.3) is 0 Å². The molecule has 8 nitrogen and oxygen atoms in total. The molecule has 0 aliphatic heterocycles. The van der Waals surface area contributed by atoms with E-state index in [0.29, 0.717) is 26.6 Å². The number of rotatable bonds is 9. The molecule has 0 spiro atoms. The molecule has 0 aliphatic carbocycles. The molecule has 36 heavy (non-hydrogen) atoms. The van der Waals surface area contributed by atoms with Crippen LogP contribution in [-0.2, 0) is 14.8 Å². The number of halogens is 2. The Morgan fingerprint density at radius 3 is 2.39 bits per heavy atom. The summed E-state index contributed by atoms with van der Waals surface area (Å²) in [6, 6.07) is 14.6. The zero-order valence-electron chi connectivity index (χ0n) is 20.1. The van der Waals surface area contributed by atoms with Gasteiger partial charge in [-0.15, -0.1) is 0 Å². The monoisotopic (exact) mass is 593 g/mol. The van der Waals surface area contributed by atoms with Gasteiger partial charge < -0.3 is 9.47 Å². The van der Waals surface area contributed by atoms with Crippen LogP contribution in [-0.4, -0.2) is 41.3 Å². The Morgan fingerprint density at radius 1 is 1.08 bits per heavy atom. The number of sulfonamides is 1. The van der Waals surface area contributed by atoms with E-state index in [9.17, 15) is 13.2 Å². The second-order valence-electron chi connectivity index (χ2n) is 7.79. The van der Waals surface area contributed by atoms with Gasteiger partial charge in [-0.25, -0.2) is 13.8 Å². The molecule has 0 unspecified atom stereocenters. The zero-order valence-corrected chi connectivity index (χ0v) is 23.2. The second kappa shape index (κ2) is 11.8. The van der Waals surface area contributed by atoms with Crippen molar-refractivity contribution in [1.29, 1.82) is 0 Å². The quantitative estimate of drug-likeness (QED) is 0.275. The van der Waals surface area contributed by atoms with Gasteiger partial charge in [-0.2, -0.15) is 5.10 Å². The van der Waals surface area contributed by atoms with Crippen LogP contribution in [0, 0.1) is 13.8 Å². The summed E-state index contributed by atoms with van der Waals surface area (Å²) in [5, 5.41) is 4.35. The topological polar surface area (TPSA) is 97.3 Å². The van der Waals surface area contributed by atoms with E-state index in [4.69, 9.17) is 21.1 Å². The number of ether oxygens (including phenoxy) is 2. The Balaban J connectivity index is 1.86. The lowest BCUT2D eigenvalue weighted by molar-refractivity contribution is -0.119. The summed E-state index contributed by atoms with van der Waals surface area (Å²) >= 11 is 9.65. The molecule has 0 heterocycles. The van der Waals surface area contributed by atoms with E-state index in [0.717, 1.165) is 15.4 Å². The first-order valence-corrected chi connectivity index (χ1v) is 13.3. The Hall–Kier alpha value is -3.08. The Morgan fingerprint density at radius 2 is 1.78 bits per heavy atom. The van der Waals surface area contributed by atoms with Crippen LogP contribution in [0.4, 0.5) is 5.69 Å². The fourth-order valence-corrected chi connectivity index (χ4v) is 5.46. The zero-order chi connectivity index (χ0) is 26.5. The molecular weight excluding hydrogens is 570 g/mol. The fraction of sp³-hybridized carbons (Fsp3) is 0.200. The van der Waals surface area contributed by atoms with Crippen molar-refractivity contribution < 1.29 is 22.7 Å². The molecule has 190 valence electrons. The fourth-order valence-electron chi connectivity index (χ4n) is 3.25. The molecule has 0 atom stereocenters. The van der Waals surface area contributed by atoms with Gasteiger partial charge in [0.25, 0.3) is 15.9 Å². The van der Waals surface area contributed by atoms with E-state index >= 15 is 0 Å². The maximum Gasteiger partial charge on any atom is 0.264 e. The number of nitrogens with zero attached hydrogens (tertiary/aromatic N) is 2. The number of hydrazone groups is 1. The molecule has 0 saturated heterocycles. The SMILES string of the molecule is COc1cc(/C=N\NC(=O)CN(c2ccc(C)c(Cl)c2)S(=O)(=O)c2ccc(C)cc2)cc(Br)c1OC. The highest BCUT2D eigenvalue weighted by molar-refractivity contribution is 9.10. The van der Waals surface area contributed by atoms with Gasteiger partial charge in [0.2, 0.25) is 0 Å². The third kappa shape index (κ3) is 6.37. The first-order chi connectivity index (χ1) is 17.1. The molecule has 0 fully saturated rings. The van der Waals surface area contributed by atoms with E-state index in [1.807, 2.05) is 6.92 Å². The largest absolute Gasteiger partial charge is 0.493 e. The molecule has 0 aliphatic rings. The van der Waals surface area contributed by atoms with Crippen LogP contribution in [0.5, 0.6) is 11.5 Å². The van der Waals surface area contributed by atoms with Crippen LogP contribution < -0.4 is 19.2 Å². The molecule has 3 aromatic carbocycles. The van der Waals surface area contributed by atoms with Gasteiger partial charge in [-0.3, -0.25) is 9.10 Å². The van der Waals surface area contributed by atoms with Crippen LogP contribution in [0.3, 0.4) is 0 Å². The number of methoxy groups -OCH3 is 2. The van der Waals surface area contributed by atoms with Crippen molar-refractivity contribution in [3.05, 3.63) is 80.8 Å². The summed E-state index contributed by atoms with van der Waals surface area (Å²) in [7, 11) is -1.04. The van der Waals surface area contributed by atoms with Gasteiger partial charge in [-0.1, -0.05) is 35.4 Å². The standard InChI is InChI=1S/C25H25BrClN3O5S/c1-16-5-9-20(10-6-16)36(32,33)30(19-8-7-17(2)22(27)13-19)15-24(31)29-28-14-18-11-21(26)25(35-4)23(12-18)34-3/h5-14H,15H2,1-4H3,(H,29,31)/b28-14-. The minimum Gasteiger partial charge on any atom is -0.493 e. The normalized spacial score (nSPS) is 11.4. The summed E-state index contributed by atoms with van der Waals surface area (Å²) in [6.45, 7) is 3.15. The predicted octanol–water partition coefficient (Wildman–Crippen LogP) is 5.08. The summed E-state index contributed by atoms with van der Waals surface area (Å²) in [5.74, 6) is 0.358. The van der Waals surface area contributed by atoms with Crippen molar-refractivity contribution in [2.45, 2.75) is 18.7 Å². The maximum absolute atomic E-state index is 13.5. The van der Waals surface area contributed by atoms with Crippen LogP contribution in [0.1, 0.15) is 16.7 Å². The van der Waals surface area contributed by atoms with Crippen molar-refractivity contribution in [2.24, 2.45) is 5.10 Å². The number of anilines is 1. The van der Waals surface area contributed by atoms with E-state index < -0.39 is 22.5 Å². The third-order valence-corrected chi connectivity index (χ3v) is 7.98. The first kappa shape index (κ1) is 27.5. The first-order valence-electron chi connectivity index (χ1n) is 10.7. The van der Waals surface area contributed by atoms with Gasteiger partial charge in [-0.05, 0) is 77.3 Å². The smallest absolute Gasteiger partial charge is 0.264 e. The Bertz CT molecular complexity index is 1400. The number of amides is 1. The lowest BCUT2D eigenvalue weighted by Gasteiger charge is -2.24.